The number of nitrogens with one attached hydrogen (secondary N) is 3. The largest absolute Gasteiger partial charge is 0.339 e. The smallest absolute Gasteiger partial charge is 0.252 e. The molecule has 3 N–H and O–H groups in total. The standard InChI is InChI=1S/C17H15Cl3IN3OS/c1-10-3-2-4-13(9-10)22-16(26)24-15(17(18,19)20)23-14(25)11-5-7-12(21)8-6-11/h2-9,15H,1H3,(H,23,25)(H2,22,24,26). The van der Waals surface area contributed by atoms with Crippen molar-refractivity contribution in [3.63, 3.8) is 0 Å². The highest BCUT2D eigenvalue weighted by molar-refractivity contribution is 14.1. The van der Waals surface area contributed by atoms with Crippen LogP contribution in [0.15, 0.2) is 48.5 Å². The van der Waals surface area contributed by atoms with Crippen LogP contribution in [-0.2, 0) is 0 Å². The zero-order valence-corrected chi connectivity index (χ0v) is 18.8. The number of hydrogen-bond acceptors (Lipinski definition) is 2. The van der Waals surface area contributed by atoms with Crippen LogP contribution in [0.25, 0.3) is 0 Å². The number of aryl methyl sites for hydroxylation is 1. The van der Waals surface area contributed by atoms with Crippen LogP contribution in [-0.4, -0.2) is 21.0 Å². The van der Waals surface area contributed by atoms with E-state index in [1.54, 1.807) is 12.1 Å². The summed E-state index contributed by atoms with van der Waals surface area (Å²) in [5.74, 6) is -0.386. The van der Waals surface area contributed by atoms with Gasteiger partial charge in [0.1, 0.15) is 6.17 Å². The van der Waals surface area contributed by atoms with Gasteiger partial charge < -0.3 is 16.0 Å². The van der Waals surface area contributed by atoms with E-state index >= 15 is 0 Å². The normalized spacial score (nSPS) is 12.2. The summed E-state index contributed by atoms with van der Waals surface area (Å²) in [6.45, 7) is 1.97. The number of anilines is 1. The van der Waals surface area contributed by atoms with Gasteiger partial charge in [0.15, 0.2) is 5.11 Å². The monoisotopic (exact) mass is 541 g/mol. The molecule has 0 bridgehead atoms. The molecule has 1 atom stereocenters. The lowest BCUT2D eigenvalue weighted by Gasteiger charge is -2.27. The Morgan fingerprint density at radius 1 is 1.12 bits per heavy atom. The average Bonchev–Trinajstić information content (AvgIpc) is 2.53. The molecule has 26 heavy (non-hydrogen) atoms. The minimum atomic E-state index is -1.81. The van der Waals surface area contributed by atoms with Crippen molar-refractivity contribution in [2.45, 2.75) is 16.9 Å². The Bertz CT molecular complexity index is 797. The second-order valence-electron chi connectivity index (χ2n) is 5.42. The summed E-state index contributed by atoms with van der Waals surface area (Å²) in [6, 6.07) is 14.6. The maximum absolute atomic E-state index is 12.4. The van der Waals surface area contributed by atoms with Crippen LogP contribution in [0.4, 0.5) is 5.69 Å². The number of amides is 1. The van der Waals surface area contributed by atoms with E-state index in [-0.39, 0.29) is 11.0 Å². The van der Waals surface area contributed by atoms with Crippen LogP contribution in [0.1, 0.15) is 15.9 Å². The van der Waals surface area contributed by atoms with E-state index in [2.05, 4.69) is 38.5 Å². The lowest BCUT2D eigenvalue weighted by Crippen LogP contribution is -2.56. The molecule has 0 radical (unpaired) electrons. The summed E-state index contributed by atoms with van der Waals surface area (Å²) in [4.78, 5) is 12.4. The van der Waals surface area contributed by atoms with Gasteiger partial charge in [0, 0.05) is 14.8 Å². The van der Waals surface area contributed by atoms with Gasteiger partial charge in [-0.3, -0.25) is 4.79 Å². The van der Waals surface area contributed by atoms with Gasteiger partial charge in [0.05, 0.1) is 0 Å². The SMILES string of the molecule is Cc1cccc(NC(=S)NC(NC(=O)c2ccc(I)cc2)C(Cl)(Cl)Cl)c1. The van der Waals surface area contributed by atoms with Gasteiger partial charge in [0.2, 0.25) is 3.79 Å². The minimum absolute atomic E-state index is 0.217. The molecule has 0 heterocycles. The molecule has 2 aromatic carbocycles. The summed E-state index contributed by atoms with van der Waals surface area (Å²) in [7, 11) is 0. The van der Waals surface area contributed by atoms with Crippen LogP contribution < -0.4 is 16.0 Å². The van der Waals surface area contributed by atoms with Crippen molar-refractivity contribution in [1.29, 1.82) is 0 Å². The van der Waals surface area contributed by atoms with Crippen LogP contribution in [0.2, 0.25) is 0 Å². The molecule has 138 valence electrons. The average molecular weight is 543 g/mol. The fraction of sp³-hybridized carbons (Fsp3) is 0.176. The zero-order valence-electron chi connectivity index (χ0n) is 13.5. The van der Waals surface area contributed by atoms with Crippen molar-refractivity contribution in [2.24, 2.45) is 0 Å². The first-order chi connectivity index (χ1) is 12.1. The van der Waals surface area contributed by atoms with Crippen LogP contribution in [0.3, 0.4) is 0 Å². The van der Waals surface area contributed by atoms with E-state index in [1.807, 2.05) is 43.3 Å². The van der Waals surface area contributed by atoms with Crippen molar-refractivity contribution < 1.29 is 4.79 Å². The highest BCUT2D eigenvalue weighted by atomic mass is 127. The van der Waals surface area contributed by atoms with E-state index in [9.17, 15) is 4.79 Å². The first-order valence-electron chi connectivity index (χ1n) is 7.42. The van der Waals surface area contributed by atoms with Crippen molar-refractivity contribution >= 4 is 86.3 Å². The van der Waals surface area contributed by atoms with E-state index in [0.717, 1.165) is 14.8 Å². The van der Waals surface area contributed by atoms with Gasteiger partial charge in [-0.1, -0.05) is 46.9 Å². The molecule has 0 aliphatic carbocycles. The fourth-order valence-corrected chi connectivity index (χ4v) is 2.96. The van der Waals surface area contributed by atoms with Crippen molar-refractivity contribution in [2.75, 3.05) is 5.32 Å². The second kappa shape index (κ2) is 9.41. The van der Waals surface area contributed by atoms with E-state index in [4.69, 9.17) is 47.0 Å². The molecular weight excluding hydrogens is 528 g/mol. The predicted octanol–water partition coefficient (Wildman–Crippen LogP) is 5.01. The Balaban J connectivity index is 2.06. The second-order valence-corrected chi connectivity index (χ2v) is 9.45. The van der Waals surface area contributed by atoms with Crippen molar-refractivity contribution in [3.8, 4) is 0 Å². The summed E-state index contributed by atoms with van der Waals surface area (Å²) >= 11 is 25.4. The molecule has 0 aliphatic rings. The van der Waals surface area contributed by atoms with Gasteiger partial charge >= 0.3 is 0 Å². The van der Waals surface area contributed by atoms with Crippen LogP contribution in [0, 0.1) is 10.5 Å². The molecule has 1 amide bonds. The summed E-state index contributed by atoms with van der Waals surface area (Å²) in [5, 5.41) is 8.69. The molecule has 0 aliphatic heterocycles. The number of alkyl halides is 3. The minimum Gasteiger partial charge on any atom is -0.339 e. The van der Waals surface area contributed by atoms with E-state index in [0.29, 0.717) is 5.56 Å². The van der Waals surface area contributed by atoms with Crippen molar-refractivity contribution in [3.05, 3.63) is 63.2 Å². The number of halogens is 4. The van der Waals surface area contributed by atoms with Gasteiger partial charge in [0.25, 0.3) is 5.91 Å². The fourth-order valence-electron chi connectivity index (χ4n) is 2.04. The Kier molecular flexibility index (Phi) is 7.78. The first-order valence-corrected chi connectivity index (χ1v) is 10.0. The molecule has 1 unspecified atom stereocenters. The van der Waals surface area contributed by atoms with Gasteiger partial charge in [-0.25, -0.2) is 0 Å². The number of carbonyl (C=O) groups excluding carboxylic acids is 1. The molecule has 0 saturated carbocycles. The maximum Gasteiger partial charge on any atom is 0.252 e. The topological polar surface area (TPSA) is 53.2 Å². The highest BCUT2D eigenvalue weighted by Crippen LogP contribution is 2.29. The quantitative estimate of drug-likeness (QED) is 0.220. The molecule has 0 spiro atoms. The number of carbonyl (C=O) groups is 1. The third-order valence-corrected chi connectivity index (χ3v) is 4.85. The molecule has 0 aromatic heterocycles. The Labute approximate surface area is 186 Å². The Hall–Kier alpha value is -0.800. The van der Waals surface area contributed by atoms with Crippen molar-refractivity contribution in [1.82, 2.24) is 10.6 Å². The molecule has 4 nitrogen and oxygen atoms in total. The van der Waals surface area contributed by atoms with Gasteiger partial charge in [-0.05, 0) is 83.7 Å². The molecule has 0 fully saturated rings. The summed E-state index contributed by atoms with van der Waals surface area (Å²) in [5.41, 5.74) is 2.31. The van der Waals surface area contributed by atoms with E-state index in [1.165, 1.54) is 0 Å². The summed E-state index contributed by atoms with van der Waals surface area (Å²) < 4.78 is -0.796. The molecule has 0 saturated heterocycles. The lowest BCUT2D eigenvalue weighted by atomic mass is 10.2. The van der Waals surface area contributed by atoms with Gasteiger partial charge in [-0.2, -0.15) is 0 Å². The number of rotatable bonds is 4. The molecule has 9 heteroatoms. The maximum atomic E-state index is 12.4. The van der Waals surface area contributed by atoms with E-state index < -0.39 is 9.96 Å². The third-order valence-electron chi connectivity index (χ3n) is 3.26. The zero-order chi connectivity index (χ0) is 19.3. The number of thiocarbonyl (C=S) groups is 1. The Morgan fingerprint density at radius 3 is 2.35 bits per heavy atom. The lowest BCUT2D eigenvalue weighted by molar-refractivity contribution is 0.0934. The number of benzene rings is 2. The summed E-state index contributed by atoms with van der Waals surface area (Å²) in [6.07, 6.45) is -1.02. The van der Waals surface area contributed by atoms with Crippen LogP contribution >= 0.6 is 69.6 Å². The molecule has 2 aromatic rings. The highest BCUT2D eigenvalue weighted by Gasteiger charge is 2.34. The molecule has 2 rings (SSSR count). The van der Waals surface area contributed by atoms with Gasteiger partial charge in [-0.15, -0.1) is 0 Å². The number of hydrogen-bond donors (Lipinski definition) is 3. The third kappa shape index (κ3) is 6.74. The first kappa shape index (κ1) is 21.5. The predicted molar refractivity (Wildman–Crippen MR) is 121 cm³/mol. The van der Waals surface area contributed by atoms with Crippen LogP contribution in [0.5, 0.6) is 0 Å². The Morgan fingerprint density at radius 2 is 1.77 bits per heavy atom. The molecular formula is C17H15Cl3IN3OS.